The second-order valence-electron chi connectivity index (χ2n) is 6.67. The van der Waals surface area contributed by atoms with Gasteiger partial charge in [-0.25, -0.2) is 13.1 Å². The fraction of sp³-hybridized carbons (Fsp3) is 0.588. The summed E-state index contributed by atoms with van der Waals surface area (Å²) in [7, 11) is -4.33. The van der Waals surface area contributed by atoms with Crippen LogP contribution >= 0.6 is 0 Å². The number of hydrogen-bond acceptors (Lipinski definition) is 5. The predicted octanol–water partition coefficient (Wildman–Crippen LogP) is 3.02. The van der Waals surface area contributed by atoms with E-state index in [1.165, 1.54) is 18.2 Å². The van der Waals surface area contributed by atoms with Crippen molar-refractivity contribution in [2.24, 2.45) is 11.8 Å². The van der Waals surface area contributed by atoms with E-state index in [2.05, 4.69) is 0 Å². The Morgan fingerprint density at radius 2 is 1.70 bits per heavy atom. The minimum Gasteiger partial charge on any atom is -0.490 e. The Hall–Kier alpha value is -1.97. The number of halogens is 3. The predicted molar refractivity (Wildman–Crippen MR) is 88.9 cm³/mol. The number of hydrogen-bond donors (Lipinski definition) is 1. The third kappa shape index (κ3) is 4.48. The summed E-state index contributed by atoms with van der Waals surface area (Å²) in [5.41, 5.74) is 0. The van der Waals surface area contributed by atoms with Crippen LogP contribution in [0.2, 0.25) is 0 Å². The number of benzene rings is 1. The number of fused-ring (bicyclic) bond motifs is 1. The summed E-state index contributed by atoms with van der Waals surface area (Å²) in [5.74, 6) is -3.76. The fourth-order valence-corrected chi connectivity index (χ4v) is 4.46. The lowest BCUT2D eigenvalue weighted by molar-refractivity contribution is -0.197. The Morgan fingerprint density at radius 1 is 1.04 bits per heavy atom. The van der Waals surface area contributed by atoms with Crippen LogP contribution in [0.15, 0.2) is 23.1 Å². The van der Waals surface area contributed by atoms with Gasteiger partial charge in [0.1, 0.15) is 0 Å². The molecule has 2 aliphatic rings. The average molecular weight is 407 g/mol. The lowest BCUT2D eigenvalue weighted by Crippen LogP contribution is -2.44. The highest BCUT2D eigenvalue weighted by Gasteiger charge is 2.48. The van der Waals surface area contributed by atoms with Crippen LogP contribution in [0.25, 0.3) is 0 Å². The van der Waals surface area contributed by atoms with Gasteiger partial charge in [-0.3, -0.25) is 4.79 Å². The number of carbonyl (C=O) groups is 1. The van der Waals surface area contributed by atoms with Crippen LogP contribution in [0.4, 0.5) is 13.2 Å². The Morgan fingerprint density at radius 3 is 2.41 bits per heavy atom. The smallest absolute Gasteiger partial charge is 0.392 e. The van der Waals surface area contributed by atoms with E-state index < -0.39 is 33.9 Å². The highest BCUT2D eigenvalue weighted by Crippen LogP contribution is 2.41. The fourth-order valence-electron chi connectivity index (χ4n) is 3.41. The van der Waals surface area contributed by atoms with Gasteiger partial charge in [0.05, 0.1) is 29.9 Å². The molecule has 0 radical (unpaired) electrons. The zero-order chi connectivity index (χ0) is 19.7. The molecule has 1 amide bonds. The molecule has 0 aromatic heterocycles. The summed E-state index contributed by atoms with van der Waals surface area (Å²) >= 11 is 0. The minimum absolute atomic E-state index is 0.00662. The summed E-state index contributed by atoms with van der Waals surface area (Å²) in [6.45, 7) is 0.772. The molecule has 0 unspecified atom stereocenters. The van der Waals surface area contributed by atoms with E-state index in [0.717, 1.165) is 0 Å². The van der Waals surface area contributed by atoms with Gasteiger partial charge in [0.15, 0.2) is 11.5 Å². The maximum absolute atomic E-state index is 13.2. The van der Waals surface area contributed by atoms with Gasteiger partial charge in [-0.2, -0.15) is 13.2 Å². The second kappa shape index (κ2) is 7.57. The first kappa shape index (κ1) is 19.8. The largest absolute Gasteiger partial charge is 0.490 e. The Bertz CT molecular complexity index is 809. The summed E-state index contributed by atoms with van der Waals surface area (Å²) in [6.07, 6.45) is -3.26. The molecule has 0 spiro atoms. The molecule has 1 heterocycles. The van der Waals surface area contributed by atoms with Crippen molar-refractivity contribution in [1.29, 1.82) is 0 Å². The molecule has 1 saturated carbocycles. The molecule has 1 N–H and O–H groups in total. The quantitative estimate of drug-likeness (QED) is 0.833. The van der Waals surface area contributed by atoms with Crippen molar-refractivity contribution in [1.82, 2.24) is 4.72 Å². The number of alkyl halides is 3. The van der Waals surface area contributed by atoms with E-state index in [-0.39, 0.29) is 23.5 Å². The van der Waals surface area contributed by atoms with Crippen molar-refractivity contribution in [3.8, 4) is 11.5 Å². The van der Waals surface area contributed by atoms with Crippen LogP contribution in [-0.2, 0) is 14.8 Å². The summed E-state index contributed by atoms with van der Waals surface area (Å²) < 4.78 is 77.2. The topological polar surface area (TPSA) is 81.7 Å². The van der Waals surface area contributed by atoms with Crippen molar-refractivity contribution >= 4 is 15.9 Å². The van der Waals surface area contributed by atoms with Crippen LogP contribution in [-0.4, -0.2) is 33.7 Å². The highest BCUT2D eigenvalue weighted by molar-refractivity contribution is 7.90. The molecule has 150 valence electrons. The van der Waals surface area contributed by atoms with Gasteiger partial charge in [0.25, 0.3) is 10.0 Å². The molecule has 27 heavy (non-hydrogen) atoms. The van der Waals surface area contributed by atoms with Gasteiger partial charge >= 0.3 is 6.18 Å². The lowest BCUT2D eigenvalue weighted by Gasteiger charge is -2.31. The van der Waals surface area contributed by atoms with Gasteiger partial charge in [-0.05, 0) is 25.0 Å². The zero-order valence-corrected chi connectivity index (χ0v) is 15.2. The van der Waals surface area contributed by atoms with Crippen molar-refractivity contribution < 1.29 is 35.9 Å². The molecule has 3 rings (SSSR count). The van der Waals surface area contributed by atoms with Gasteiger partial charge in [0, 0.05) is 12.5 Å². The molecule has 10 heteroatoms. The molecule has 0 saturated heterocycles. The summed E-state index contributed by atoms with van der Waals surface area (Å²) in [5, 5.41) is 0. The Labute approximate surface area is 155 Å². The summed E-state index contributed by atoms with van der Waals surface area (Å²) in [6, 6.07) is 3.84. The molecule has 0 bridgehead atoms. The molecule has 1 aromatic rings. The minimum atomic E-state index is -4.54. The molecular weight excluding hydrogens is 387 g/mol. The normalized spacial score (nSPS) is 23.4. The van der Waals surface area contributed by atoms with Crippen molar-refractivity contribution in [3.63, 3.8) is 0 Å². The average Bonchev–Trinajstić information content (AvgIpc) is 2.85. The zero-order valence-electron chi connectivity index (χ0n) is 14.4. The monoisotopic (exact) mass is 407 g/mol. The van der Waals surface area contributed by atoms with Crippen LogP contribution < -0.4 is 14.2 Å². The first-order valence-corrected chi connectivity index (χ1v) is 10.2. The lowest BCUT2D eigenvalue weighted by atomic mass is 9.78. The maximum Gasteiger partial charge on any atom is 0.392 e. The maximum atomic E-state index is 13.2. The van der Waals surface area contributed by atoms with E-state index >= 15 is 0 Å². The van der Waals surface area contributed by atoms with Crippen molar-refractivity contribution in [2.45, 2.75) is 43.2 Å². The standard InChI is InChI=1S/C17H20F3NO5S/c18-17(19,20)13-5-2-1-4-12(13)16(22)21-27(23,24)11-6-7-14-15(10-11)26-9-3-8-25-14/h6-7,10,12-13H,1-5,8-9H2,(H,21,22)/t12-,13-/m1/s1. The van der Waals surface area contributed by atoms with E-state index in [4.69, 9.17) is 9.47 Å². The van der Waals surface area contributed by atoms with E-state index in [1.807, 2.05) is 0 Å². The number of sulfonamides is 1. The van der Waals surface area contributed by atoms with Gasteiger partial charge in [0.2, 0.25) is 5.91 Å². The SMILES string of the molecule is O=C(NS(=O)(=O)c1ccc2c(c1)OCCCO2)[C@@H]1CCCC[C@H]1C(F)(F)F. The number of rotatable bonds is 3. The van der Waals surface area contributed by atoms with Crippen LogP contribution in [0.1, 0.15) is 32.1 Å². The molecule has 1 aliphatic carbocycles. The molecule has 1 aromatic carbocycles. The first-order valence-electron chi connectivity index (χ1n) is 8.71. The Balaban J connectivity index is 1.79. The van der Waals surface area contributed by atoms with Crippen molar-refractivity contribution in [3.05, 3.63) is 18.2 Å². The van der Waals surface area contributed by atoms with Gasteiger partial charge in [-0.1, -0.05) is 12.8 Å². The van der Waals surface area contributed by atoms with E-state index in [1.54, 1.807) is 4.72 Å². The highest BCUT2D eigenvalue weighted by atomic mass is 32.2. The van der Waals surface area contributed by atoms with Crippen LogP contribution in [0.3, 0.4) is 0 Å². The number of carbonyl (C=O) groups excluding carboxylic acids is 1. The Kier molecular flexibility index (Phi) is 5.55. The molecular formula is C17H20F3NO5S. The second-order valence-corrected chi connectivity index (χ2v) is 8.35. The van der Waals surface area contributed by atoms with Gasteiger partial charge in [-0.15, -0.1) is 0 Å². The van der Waals surface area contributed by atoms with Gasteiger partial charge < -0.3 is 9.47 Å². The van der Waals surface area contributed by atoms with Crippen molar-refractivity contribution in [2.75, 3.05) is 13.2 Å². The molecule has 1 aliphatic heterocycles. The first-order chi connectivity index (χ1) is 12.7. The third-order valence-corrected chi connectivity index (χ3v) is 6.13. The number of amides is 1. The third-order valence-electron chi connectivity index (χ3n) is 4.79. The molecule has 1 fully saturated rings. The number of nitrogens with one attached hydrogen (secondary N) is 1. The summed E-state index contributed by atoms with van der Waals surface area (Å²) in [4.78, 5) is 12.1. The molecule has 2 atom stereocenters. The van der Waals surface area contributed by atoms with E-state index in [9.17, 15) is 26.4 Å². The van der Waals surface area contributed by atoms with Crippen LogP contribution in [0, 0.1) is 11.8 Å². The molecule has 6 nitrogen and oxygen atoms in total. The van der Waals surface area contributed by atoms with E-state index in [0.29, 0.717) is 38.2 Å². The number of ether oxygens (including phenoxy) is 2. The van der Waals surface area contributed by atoms with Crippen LogP contribution in [0.5, 0.6) is 11.5 Å².